The van der Waals surface area contributed by atoms with Gasteiger partial charge in [0.2, 0.25) is 0 Å². The molecule has 0 aromatic rings. The SMILES string of the molecule is CCCN(CC)CCC1CCCC1(CO)NC. The molecule has 0 amide bonds. The van der Waals surface area contributed by atoms with Crippen LogP contribution in [0.3, 0.4) is 0 Å². The van der Waals surface area contributed by atoms with Crippen LogP contribution in [-0.2, 0) is 0 Å². The molecule has 0 aromatic carbocycles. The van der Waals surface area contributed by atoms with E-state index in [0.29, 0.717) is 5.92 Å². The quantitative estimate of drug-likeness (QED) is 0.682. The minimum atomic E-state index is 0.00558. The van der Waals surface area contributed by atoms with Gasteiger partial charge in [0.1, 0.15) is 0 Å². The topological polar surface area (TPSA) is 35.5 Å². The average Bonchev–Trinajstić information content (AvgIpc) is 2.78. The standard InChI is InChI=1S/C14H30N2O/c1-4-10-16(5-2)11-8-13-7-6-9-14(13,12-17)15-3/h13,15,17H,4-12H2,1-3H3. The largest absolute Gasteiger partial charge is 0.394 e. The Morgan fingerprint density at radius 1 is 1.35 bits per heavy atom. The van der Waals surface area contributed by atoms with Gasteiger partial charge in [-0.1, -0.05) is 20.3 Å². The maximum atomic E-state index is 9.64. The molecule has 1 saturated carbocycles. The van der Waals surface area contributed by atoms with Crippen molar-refractivity contribution in [1.82, 2.24) is 10.2 Å². The third kappa shape index (κ3) is 3.67. The average molecular weight is 242 g/mol. The highest BCUT2D eigenvalue weighted by Gasteiger charge is 2.40. The molecule has 102 valence electrons. The predicted molar refractivity (Wildman–Crippen MR) is 73.2 cm³/mol. The van der Waals surface area contributed by atoms with Gasteiger partial charge in [0.25, 0.3) is 0 Å². The molecule has 3 heteroatoms. The molecule has 0 aliphatic heterocycles. The number of likely N-dealkylation sites (N-methyl/N-ethyl adjacent to an activating group) is 1. The summed E-state index contributed by atoms with van der Waals surface area (Å²) in [5.74, 6) is 0.642. The lowest BCUT2D eigenvalue weighted by Gasteiger charge is -2.35. The number of hydrogen-bond donors (Lipinski definition) is 2. The van der Waals surface area contributed by atoms with Gasteiger partial charge >= 0.3 is 0 Å². The molecule has 1 aliphatic rings. The molecule has 3 nitrogen and oxygen atoms in total. The summed E-state index contributed by atoms with van der Waals surface area (Å²) in [7, 11) is 2.00. The highest BCUT2D eigenvalue weighted by Crippen LogP contribution is 2.37. The third-order valence-electron chi connectivity index (χ3n) is 4.52. The van der Waals surface area contributed by atoms with E-state index in [4.69, 9.17) is 0 Å². The van der Waals surface area contributed by atoms with Crippen LogP contribution in [-0.4, -0.2) is 48.8 Å². The molecule has 1 aliphatic carbocycles. The van der Waals surface area contributed by atoms with Gasteiger partial charge in [-0.3, -0.25) is 0 Å². The van der Waals surface area contributed by atoms with Gasteiger partial charge in [0, 0.05) is 5.54 Å². The maximum Gasteiger partial charge on any atom is 0.0615 e. The number of nitrogens with zero attached hydrogens (tertiary/aromatic N) is 1. The van der Waals surface area contributed by atoms with Crippen molar-refractivity contribution in [3.8, 4) is 0 Å². The number of aliphatic hydroxyl groups excluding tert-OH is 1. The molecule has 0 saturated heterocycles. The number of hydrogen-bond acceptors (Lipinski definition) is 3. The van der Waals surface area contributed by atoms with Crippen molar-refractivity contribution in [3.63, 3.8) is 0 Å². The normalized spacial score (nSPS) is 29.1. The van der Waals surface area contributed by atoms with E-state index in [-0.39, 0.29) is 12.1 Å². The predicted octanol–water partition coefficient (Wildman–Crippen LogP) is 1.86. The van der Waals surface area contributed by atoms with Crippen LogP contribution in [0.25, 0.3) is 0 Å². The van der Waals surface area contributed by atoms with Gasteiger partial charge in [-0.05, 0) is 58.3 Å². The fourth-order valence-corrected chi connectivity index (χ4v) is 3.26. The van der Waals surface area contributed by atoms with Gasteiger partial charge in [0.05, 0.1) is 6.61 Å². The molecular weight excluding hydrogens is 212 g/mol. The van der Waals surface area contributed by atoms with E-state index in [1.54, 1.807) is 0 Å². The van der Waals surface area contributed by atoms with Crippen LogP contribution in [0.1, 0.15) is 46.0 Å². The molecule has 2 atom stereocenters. The second-order valence-electron chi connectivity index (χ2n) is 5.38. The van der Waals surface area contributed by atoms with Crippen LogP contribution in [0.5, 0.6) is 0 Å². The Balaban J connectivity index is 2.44. The zero-order valence-corrected chi connectivity index (χ0v) is 11.8. The molecule has 0 aromatic heterocycles. The Morgan fingerprint density at radius 2 is 2.12 bits per heavy atom. The number of rotatable bonds is 8. The van der Waals surface area contributed by atoms with Crippen LogP contribution in [0, 0.1) is 5.92 Å². The van der Waals surface area contributed by atoms with Crippen LogP contribution in [0.2, 0.25) is 0 Å². The van der Waals surface area contributed by atoms with E-state index in [1.165, 1.54) is 38.8 Å². The fraction of sp³-hybridized carbons (Fsp3) is 1.00. The molecule has 0 bridgehead atoms. The van der Waals surface area contributed by atoms with E-state index in [0.717, 1.165) is 13.0 Å². The molecule has 17 heavy (non-hydrogen) atoms. The lowest BCUT2D eigenvalue weighted by atomic mass is 9.85. The third-order valence-corrected chi connectivity index (χ3v) is 4.52. The van der Waals surface area contributed by atoms with Gasteiger partial charge < -0.3 is 15.3 Å². The van der Waals surface area contributed by atoms with Crippen LogP contribution in [0.15, 0.2) is 0 Å². The molecular formula is C14H30N2O. The zero-order chi connectivity index (χ0) is 12.7. The Bertz CT molecular complexity index is 204. The Hall–Kier alpha value is -0.120. The summed E-state index contributed by atoms with van der Waals surface area (Å²) in [5.41, 5.74) is 0.00558. The van der Waals surface area contributed by atoms with Crippen molar-refractivity contribution in [2.75, 3.05) is 33.3 Å². The molecule has 0 radical (unpaired) electrons. The van der Waals surface area contributed by atoms with Crippen molar-refractivity contribution in [1.29, 1.82) is 0 Å². The summed E-state index contributed by atoms with van der Waals surface area (Å²) in [6, 6.07) is 0. The summed E-state index contributed by atoms with van der Waals surface area (Å²) in [6.07, 6.45) is 6.10. The minimum Gasteiger partial charge on any atom is -0.394 e. The summed E-state index contributed by atoms with van der Waals surface area (Å²) < 4.78 is 0. The van der Waals surface area contributed by atoms with E-state index in [9.17, 15) is 5.11 Å². The van der Waals surface area contributed by atoms with Gasteiger partial charge in [-0.25, -0.2) is 0 Å². The number of aliphatic hydroxyl groups is 1. The number of nitrogens with one attached hydrogen (secondary N) is 1. The van der Waals surface area contributed by atoms with Crippen molar-refractivity contribution in [2.24, 2.45) is 5.92 Å². The van der Waals surface area contributed by atoms with Gasteiger partial charge in [0.15, 0.2) is 0 Å². The minimum absolute atomic E-state index is 0.00558. The second-order valence-corrected chi connectivity index (χ2v) is 5.38. The van der Waals surface area contributed by atoms with Crippen LogP contribution < -0.4 is 5.32 Å². The molecule has 2 unspecified atom stereocenters. The van der Waals surface area contributed by atoms with Crippen molar-refractivity contribution in [2.45, 2.75) is 51.5 Å². The monoisotopic (exact) mass is 242 g/mol. The first kappa shape index (κ1) is 14.9. The summed E-state index contributed by atoms with van der Waals surface area (Å²) in [5, 5.41) is 13.0. The summed E-state index contributed by atoms with van der Waals surface area (Å²) in [6.45, 7) is 8.29. The highest BCUT2D eigenvalue weighted by molar-refractivity contribution is 4.98. The maximum absolute atomic E-state index is 9.64. The van der Waals surface area contributed by atoms with Gasteiger partial charge in [-0.15, -0.1) is 0 Å². The molecule has 1 rings (SSSR count). The van der Waals surface area contributed by atoms with E-state index in [2.05, 4.69) is 24.1 Å². The zero-order valence-electron chi connectivity index (χ0n) is 11.8. The Kier molecular flexibility index (Phi) is 6.45. The van der Waals surface area contributed by atoms with Gasteiger partial charge in [-0.2, -0.15) is 0 Å². The fourth-order valence-electron chi connectivity index (χ4n) is 3.26. The van der Waals surface area contributed by atoms with E-state index >= 15 is 0 Å². The first-order chi connectivity index (χ1) is 8.22. The molecule has 0 spiro atoms. The second kappa shape index (κ2) is 7.34. The van der Waals surface area contributed by atoms with Crippen molar-refractivity contribution < 1.29 is 5.11 Å². The summed E-state index contributed by atoms with van der Waals surface area (Å²) in [4.78, 5) is 2.52. The molecule has 2 N–H and O–H groups in total. The summed E-state index contributed by atoms with van der Waals surface area (Å²) >= 11 is 0. The molecule has 1 fully saturated rings. The Labute approximate surface area is 107 Å². The highest BCUT2D eigenvalue weighted by atomic mass is 16.3. The van der Waals surface area contributed by atoms with E-state index in [1.807, 2.05) is 7.05 Å². The van der Waals surface area contributed by atoms with E-state index < -0.39 is 0 Å². The van der Waals surface area contributed by atoms with Crippen molar-refractivity contribution >= 4 is 0 Å². The lowest BCUT2D eigenvalue weighted by Crippen LogP contribution is -2.50. The smallest absolute Gasteiger partial charge is 0.0615 e. The Morgan fingerprint density at radius 3 is 2.65 bits per heavy atom. The first-order valence-corrected chi connectivity index (χ1v) is 7.24. The lowest BCUT2D eigenvalue weighted by molar-refractivity contribution is 0.118. The van der Waals surface area contributed by atoms with Crippen molar-refractivity contribution in [3.05, 3.63) is 0 Å². The van der Waals surface area contributed by atoms with Crippen LogP contribution in [0.4, 0.5) is 0 Å². The molecule has 0 heterocycles. The first-order valence-electron chi connectivity index (χ1n) is 7.24. The van der Waals surface area contributed by atoms with Crippen LogP contribution >= 0.6 is 0 Å².